The van der Waals surface area contributed by atoms with Crippen molar-refractivity contribution >= 4 is 51.8 Å². The van der Waals surface area contributed by atoms with Gasteiger partial charge in [-0.15, -0.1) is 0 Å². The molecule has 0 bridgehead atoms. The maximum Gasteiger partial charge on any atom is 0.497 e. The summed E-state index contributed by atoms with van der Waals surface area (Å²) < 4.78 is 11.8. The maximum atomic E-state index is 6.21. The molecule has 5 heteroatoms. The van der Waals surface area contributed by atoms with Gasteiger partial charge in [-0.3, -0.25) is 4.98 Å². The molecule has 0 amide bonds. The SMILES string of the molecule is COc1cccc2ccc(/C=C\C=NB(C)Oc3cccc4ccc5cccnc5c34)c(C)c12. The normalized spacial score (nSPS) is 11.7. The maximum absolute atomic E-state index is 6.21. The Labute approximate surface area is 199 Å². The van der Waals surface area contributed by atoms with Crippen LogP contribution in [0, 0.1) is 6.92 Å². The molecule has 0 aliphatic heterocycles. The summed E-state index contributed by atoms with van der Waals surface area (Å²) in [6.07, 6.45) is 7.61. The zero-order valence-corrected chi connectivity index (χ0v) is 19.5. The summed E-state index contributed by atoms with van der Waals surface area (Å²) in [5.41, 5.74) is 3.25. The van der Waals surface area contributed by atoms with E-state index in [1.165, 1.54) is 10.9 Å². The van der Waals surface area contributed by atoms with Gasteiger partial charge in [-0.25, -0.2) is 0 Å². The average molecular weight is 444 g/mol. The molecule has 4 aromatic carbocycles. The second-order valence-electron chi connectivity index (χ2n) is 8.21. The van der Waals surface area contributed by atoms with E-state index < -0.39 is 0 Å². The first-order valence-electron chi connectivity index (χ1n) is 11.3. The van der Waals surface area contributed by atoms with Crippen LogP contribution in [0.25, 0.3) is 38.5 Å². The molecule has 0 aliphatic rings. The van der Waals surface area contributed by atoms with Crippen molar-refractivity contribution in [2.75, 3.05) is 7.11 Å². The molecule has 4 nitrogen and oxygen atoms in total. The molecule has 0 atom stereocenters. The molecule has 0 saturated heterocycles. The average Bonchev–Trinajstić information content (AvgIpc) is 2.87. The Hall–Kier alpha value is -4.12. The fourth-order valence-corrected chi connectivity index (χ4v) is 4.40. The van der Waals surface area contributed by atoms with E-state index >= 15 is 0 Å². The van der Waals surface area contributed by atoms with Gasteiger partial charge >= 0.3 is 7.05 Å². The van der Waals surface area contributed by atoms with Gasteiger partial charge in [0.2, 0.25) is 0 Å². The Kier molecular flexibility index (Phi) is 6.00. The molecule has 0 radical (unpaired) electrons. The minimum absolute atomic E-state index is 0.341. The van der Waals surface area contributed by atoms with E-state index in [0.717, 1.165) is 44.1 Å². The summed E-state index contributed by atoms with van der Waals surface area (Å²) in [6, 6.07) is 24.6. The van der Waals surface area contributed by atoms with Gasteiger partial charge in [-0.1, -0.05) is 60.7 Å². The number of allylic oxidation sites excluding steroid dienone is 1. The standard InChI is InChI=1S/C29H25BN2O2/c1-20-21(14-15-22-8-4-12-25(33-3)27(20)22)10-7-19-32-30(2)34-26-13-5-9-23-16-17-24-11-6-18-31-29(24)28(23)26/h4-19H,1-3H3/b10-7-,32-19?. The first kappa shape index (κ1) is 21.7. The van der Waals surface area contributed by atoms with Crippen molar-refractivity contribution < 1.29 is 9.39 Å². The number of pyridine rings is 1. The highest BCUT2D eigenvalue weighted by atomic mass is 16.5. The van der Waals surface area contributed by atoms with Crippen LogP contribution in [-0.2, 0) is 0 Å². The summed E-state index contributed by atoms with van der Waals surface area (Å²) in [7, 11) is 1.37. The number of methoxy groups -OCH3 is 1. The lowest BCUT2D eigenvalue weighted by atomic mass is 9.89. The van der Waals surface area contributed by atoms with Crippen molar-refractivity contribution in [2.24, 2.45) is 4.90 Å². The van der Waals surface area contributed by atoms with Gasteiger partial charge in [-0.05, 0) is 59.9 Å². The molecule has 34 heavy (non-hydrogen) atoms. The highest BCUT2D eigenvalue weighted by Crippen LogP contribution is 2.32. The highest BCUT2D eigenvalue weighted by molar-refractivity contribution is 6.50. The number of benzene rings is 4. The summed E-state index contributed by atoms with van der Waals surface area (Å²) in [6.45, 7) is 4.06. The van der Waals surface area contributed by atoms with E-state index in [9.17, 15) is 0 Å². The van der Waals surface area contributed by atoms with E-state index in [4.69, 9.17) is 9.39 Å². The van der Waals surface area contributed by atoms with Crippen molar-refractivity contribution in [1.82, 2.24) is 4.98 Å². The molecule has 1 heterocycles. The highest BCUT2D eigenvalue weighted by Gasteiger charge is 2.13. The van der Waals surface area contributed by atoms with Gasteiger partial charge in [0.1, 0.15) is 11.5 Å². The van der Waals surface area contributed by atoms with Crippen LogP contribution < -0.4 is 9.39 Å². The van der Waals surface area contributed by atoms with Crippen LogP contribution in [0.4, 0.5) is 0 Å². The van der Waals surface area contributed by atoms with Crippen molar-refractivity contribution in [3.8, 4) is 11.5 Å². The first-order chi connectivity index (χ1) is 16.7. The van der Waals surface area contributed by atoms with Gasteiger partial charge in [0.05, 0.1) is 12.6 Å². The smallest absolute Gasteiger partial charge is 0.497 e. The Balaban J connectivity index is 1.37. The third-order valence-corrected chi connectivity index (χ3v) is 6.06. The Morgan fingerprint density at radius 1 is 0.824 bits per heavy atom. The fraction of sp³-hybridized carbons (Fsp3) is 0.103. The van der Waals surface area contributed by atoms with Crippen molar-refractivity contribution in [3.63, 3.8) is 0 Å². The number of ether oxygens (including phenoxy) is 1. The quantitative estimate of drug-likeness (QED) is 0.159. The molecule has 0 N–H and O–H groups in total. The minimum atomic E-state index is -0.341. The Morgan fingerprint density at radius 3 is 2.35 bits per heavy atom. The van der Waals surface area contributed by atoms with Crippen molar-refractivity contribution in [2.45, 2.75) is 13.7 Å². The predicted molar refractivity (Wildman–Crippen MR) is 144 cm³/mol. The molecule has 0 spiro atoms. The van der Waals surface area contributed by atoms with E-state index in [0.29, 0.717) is 0 Å². The summed E-state index contributed by atoms with van der Waals surface area (Å²) in [4.78, 5) is 9.16. The monoisotopic (exact) mass is 444 g/mol. The Morgan fingerprint density at radius 2 is 1.53 bits per heavy atom. The van der Waals surface area contributed by atoms with E-state index in [1.54, 1.807) is 13.3 Å². The number of aryl methyl sites for hydroxylation is 1. The number of hydrogen-bond acceptors (Lipinski definition) is 4. The van der Waals surface area contributed by atoms with Crippen molar-refractivity contribution in [1.29, 1.82) is 0 Å². The summed E-state index contributed by atoms with van der Waals surface area (Å²) >= 11 is 0. The summed E-state index contributed by atoms with van der Waals surface area (Å²) in [5, 5.41) is 5.51. The zero-order chi connectivity index (χ0) is 23.5. The van der Waals surface area contributed by atoms with Crippen LogP contribution in [0.2, 0.25) is 6.82 Å². The molecular weight excluding hydrogens is 419 g/mol. The first-order valence-corrected chi connectivity index (χ1v) is 11.3. The lowest BCUT2D eigenvalue weighted by Gasteiger charge is -2.12. The molecule has 166 valence electrons. The zero-order valence-electron chi connectivity index (χ0n) is 19.5. The third kappa shape index (κ3) is 4.13. The van der Waals surface area contributed by atoms with Crippen LogP contribution in [-0.4, -0.2) is 25.4 Å². The van der Waals surface area contributed by atoms with Crippen LogP contribution in [0.15, 0.2) is 90.0 Å². The largest absolute Gasteiger partial charge is 0.540 e. The fourth-order valence-electron chi connectivity index (χ4n) is 4.40. The number of aromatic nitrogens is 1. The predicted octanol–water partition coefficient (Wildman–Crippen LogP) is 7.14. The van der Waals surface area contributed by atoms with Crippen LogP contribution >= 0.6 is 0 Å². The molecular formula is C29H25BN2O2. The van der Waals surface area contributed by atoms with E-state index in [-0.39, 0.29) is 7.05 Å². The molecule has 5 rings (SSSR count). The van der Waals surface area contributed by atoms with Crippen LogP contribution in [0.3, 0.4) is 0 Å². The van der Waals surface area contributed by atoms with Crippen LogP contribution in [0.1, 0.15) is 11.1 Å². The second kappa shape index (κ2) is 9.40. The van der Waals surface area contributed by atoms with Gasteiger partial charge in [0.15, 0.2) is 0 Å². The van der Waals surface area contributed by atoms with Crippen molar-refractivity contribution in [3.05, 3.63) is 96.2 Å². The van der Waals surface area contributed by atoms with Crippen LogP contribution in [0.5, 0.6) is 11.5 Å². The molecule has 1 aromatic heterocycles. The van der Waals surface area contributed by atoms with Gasteiger partial charge in [-0.2, -0.15) is 0 Å². The lowest BCUT2D eigenvalue weighted by Crippen LogP contribution is -2.14. The topological polar surface area (TPSA) is 43.7 Å². The number of rotatable bonds is 6. The van der Waals surface area contributed by atoms with Gasteiger partial charge in [0, 0.05) is 28.6 Å². The van der Waals surface area contributed by atoms with E-state index in [1.807, 2.05) is 49.4 Å². The Bertz CT molecular complexity index is 1560. The third-order valence-electron chi connectivity index (χ3n) is 6.06. The second-order valence-corrected chi connectivity index (χ2v) is 8.21. The molecule has 0 aliphatic carbocycles. The lowest BCUT2D eigenvalue weighted by molar-refractivity contribution is 0.419. The molecule has 0 unspecified atom stereocenters. The van der Waals surface area contributed by atoms with E-state index in [2.05, 4.69) is 65.4 Å². The minimum Gasteiger partial charge on any atom is -0.540 e. The number of nitrogens with zero attached hydrogens (tertiary/aromatic N) is 2. The molecule has 5 aromatic rings. The van der Waals surface area contributed by atoms with Gasteiger partial charge in [0.25, 0.3) is 0 Å². The number of fused-ring (bicyclic) bond motifs is 4. The molecule has 0 saturated carbocycles. The number of hydrogen-bond donors (Lipinski definition) is 0. The molecule has 0 fully saturated rings. The summed E-state index contributed by atoms with van der Waals surface area (Å²) in [5.74, 6) is 1.67. The van der Waals surface area contributed by atoms with Gasteiger partial charge < -0.3 is 14.3 Å².